The zero-order valence-electron chi connectivity index (χ0n) is 34.8. The lowest BCUT2D eigenvalue weighted by molar-refractivity contribution is 0.396. The number of hydrogen-bond acceptors (Lipinski definition) is 4. The van der Waals surface area contributed by atoms with Gasteiger partial charge in [-0.05, 0) is 141 Å². The monoisotopic (exact) mass is 810 g/mol. The van der Waals surface area contributed by atoms with Crippen LogP contribution in [-0.4, -0.2) is 18.1 Å². The third kappa shape index (κ3) is 6.58. The molecular formula is C58H42N4O. The highest BCUT2D eigenvalue weighted by atomic mass is 16.5. The first-order valence-electron chi connectivity index (χ1n) is 21.8. The molecule has 4 aliphatic rings. The summed E-state index contributed by atoms with van der Waals surface area (Å²) in [5, 5.41) is 9.98. The van der Waals surface area contributed by atoms with Crippen molar-refractivity contribution >= 4 is 17.5 Å². The van der Waals surface area contributed by atoms with E-state index in [0.717, 1.165) is 65.0 Å². The summed E-state index contributed by atoms with van der Waals surface area (Å²) in [6.07, 6.45) is 14.1. The minimum Gasteiger partial charge on any atom is -0.457 e. The van der Waals surface area contributed by atoms with E-state index in [-0.39, 0.29) is 5.70 Å². The quantitative estimate of drug-likeness (QED) is 0.119. The van der Waals surface area contributed by atoms with Crippen LogP contribution in [0.3, 0.4) is 0 Å². The number of rotatable bonds is 7. The first kappa shape index (κ1) is 38.0. The molecule has 5 nitrogen and oxygen atoms in total. The summed E-state index contributed by atoms with van der Waals surface area (Å²) in [4.78, 5) is 10.7. The molecule has 4 heterocycles. The van der Waals surface area contributed by atoms with Gasteiger partial charge in [-0.25, -0.2) is 10.1 Å². The van der Waals surface area contributed by atoms with Gasteiger partial charge in [0.25, 0.3) is 5.70 Å². The molecule has 300 valence electrons. The van der Waals surface area contributed by atoms with Crippen LogP contribution < -0.4 is 4.90 Å². The van der Waals surface area contributed by atoms with Crippen LogP contribution in [0.1, 0.15) is 57.3 Å². The molecule has 6 aromatic carbocycles. The van der Waals surface area contributed by atoms with Gasteiger partial charge in [0.2, 0.25) is 0 Å². The number of allylic oxidation sites excluding steroid dienone is 5. The van der Waals surface area contributed by atoms with Gasteiger partial charge >= 0.3 is 0 Å². The number of anilines is 1. The second-order valence-electron chi connectivity index (χ2n) is 16.7. The molecule has 0 N–H and O–H groups in total. The number of aryl methyl sites for hydroxylation is 2. The molecule has 1 aliphatic carbocycles. The maximum absolute atomic E-state index is 9.98. The van der Waals surface area contributed by atoms with E-state index in [1.54, 1.807) is 6.08 Å². The third-order valence-corrected chi connectivity index (χ3v) is 13.1. The fourth-order valence-electron chi connectivity index (χ4n) is 10.4. The molecule has 7 aromatic rings. The van der Waals surface area contributed by atoms with Gasteiger partial charge < -0.3 is 9.64 Å². The summed E-state index contributed by atoms with van der Waals surface area (Å²) in [5.74, 6) is 1.17. The number of benzene rings is 6. The lowest BCUT2D eigenvalue weighted by atomic mass is 9.67. The highest BCUT2D eigenvalue weighted by Gasteiger charge is 2.46. The molecule has 0 radical (unpaired) electrons. The van der Waals surface area contributed by atoms with E-state index in [2.05, 4.69) is 160 Å². The van der Waals surface area contributed by atoms with E-state index in [0.29, 0.717) is 17.1 Å². The molecule has 5 heteroatoms. The second-order valence-corrected chi connectivity index (χ2v) is 16.7. The summed E-state index contributed by atoms with van der Waals surface area (Å²) < 4.78 is 6.62. The number of ether oxygens (including phenoxy) is 1. The smallest absolute Gasteiger partial charge is 0.269 e. The van der Waals surface area contributed by atoms with Gasteiger partial charge in [0.05, 0.1) is 23.8 Å². The van der Waals surface area contributed by atoms with Crippen LogP contribution in [0.2, 0.25) is 0 Å². The molecule has 0 saturated carbocycles. The first-order chi connectivity index (χ1) is 31.1. The number of fused-ring (bicyclic) bond motifs is 3. The highest BCUT2D eigenvalue weighted by Crippen LogP contribution is 2.56. The minimum atomic E-state index is -0.593. The Kier molecular flexibility index (Phi) is 9.52. The van der Waals surface area contributed by atoms with Crippen molar-refractivity contribution in [2.24, 2.45) is 0 Å². The van der Waals surface area contributed by atoms with E-state index >= 15 is 0 Å². The summed E-state index contributed by atoms with van der Waals surface area (Å²) in [6, 6.07) is 56.5. The summed E-state index contributed by atoms with van der Waals surface area (Å²) in [5.41, 5.74) is 17.8. The van der Waals surface area contributed by atoms with E-state index in [4.69, 9.17) is 11.3 Å². The largest absolute Gasteiger partial charge is 0.457 e. The SMILES string of the molecule is [C-]#[N+]/C(C#N)=C1C=C(/C=C/c2cc3c4c(c2)CCCN4CCC3)OC(c2ccc(C3(c4ccc(-c5cccc(-c6ccccn6)c5)cc4)c4ccccc4-c4ccccc43)cc2)=C/1. The molecular weight excluding hydrogens is 769 g/mol. The Morgan fingerprint density at radius 1 is 0.667 bits per heavy atom. The Labute approximate surface area is 368 Å². The van der Waals surface area contributed by atoms with E-state index < -0.39 is 5.41 Å². The molecule has 11 rings (SSSR count). The lowest BCUT2D eigenvalue weighted by Crippen LogP contribution is -2.34. The van der Waals surface area contributed by atoms with Crippen molar-refractivity contribution in [3.63, 3.8) is 0 Å². The fraction of sp³-hybridized carbons (Fsp3) is 0.121. The van der Waals surface area contributed by atoms with E-state index in [1.807, 2.05) is 36.5 Å². The van der Waals surface area contributed by atoms with Gasteiger partial charge in [-0.1, -0.05) is 127 Å². The van der Waals surface area contributed by atoms with Gasteiger partial charge in [-0.15, -0.1) is 0 Å². The van der Waals surface area contributed by atoms with Gasteiger partial charge in [0.15, 0.2) is 0 Å². The number of pyridine rings is 1. The number of hydrogen-bond donors (Lipinski definition) is 0. The summed E-state index contributed by atoms with van der Waals surface area (Å²) in [7, 11) is 0. The van der Waals surface area contributed by atoms with Crippen molar-refractivity contribution in [2.75, 3.05) is 18.0 Å². The van der Waals surface area contributed by atoms with Crippen LogP contribution in [0.5, 0.6) is 0 Å². The normalized spacial score (nSPS) is 16.4. The third-order valence-electron chi connectivity index (χ3n) is 13.1. The average Bonchev–Trinajstić information content (AvgIpc) is 3.65. The van der Waals surface area contributed by atoms with Gasteiger partial charge in [0.1, 0.15) is 11.5 Å². The van der Waals surface area contributed by atoms with Crippen LogP contribution >= 0.6 is 0 Å². The second kappa shape index (κ2) is 15.8. The molecule has 0 unspecified atom stereocenters. The van der Waals surface area contributed by atoms with Crippen molar-refractivity contribution in [2.45, 2.75) is 31.1 Å². The van der Waals surface area contributed by atoms with Crippen LogP contribution in [0.25, 0.3) is 50.2 Å². The zero-order valence-corrected chi connectivity index (χ0v) is 34.8. The lowest BCUT2D eigenvalue weighted by Gasteiger charge is -2.37. The highest BCUT2D eigenvalue weighted by molar-refractivity contribution is 5.87. The Morgan fingerprint density at radius 3 is 1.94 bits per heavy atom. The zero-order chi connectivity index (χ0) is 42.3. The maximum Gasteiger partial charge on any atom is 0.269 e. The van der Waals surface area contributed by atoms with Crippen molar-refractivity contribution in [1.82, 2.24) is 4.98 Å². The maximum atomic E-state index is 9.98. The molecule has 0 fully saturated rings. The van der Waals surface area contributed by atoms with Crippen molar-refractivity contribution in [1.29, 1.82) is 5.26 Å². The van der Waals surface area contributed by atoms with Crippen LogP contribution in [0, 0.1) is 17.9 Å². The molecule has 0 bridgehead atoms. The van der Waals surface area contributed by atoms with E-state index in [1.165, 1.54) is 57.5 Å². The van der Waals surface area contributed by atoms with Gasteiger partial charge in [-0.2, -0.15) is 0 Å². The molecule has 0 atom stereocenters. The molecule has 0 amide bonds. The number of nitriles is 1. The molecule has 1 aromatic heterocycles. The topological polar surface area (TPSA) is 53.5 Å². The predicted molar refractivity (Wildman–Crippen MR) is 253 cm³/mol. The predicted octanol–water partition coefficient (Wildman–Crippen LogP) is 13.1. The molecule has 0 spiro atoms. The first-order valence-corrected chi connectivity index (χ1v) is 21.8. The standard InChI is InChI=1S/C58H42N4O/c1-60-55(38-59)46-36-49(29-20-39-33-44-13-9-31-62-32-10-14-45(34-39)57(44)62)63-56(37-46)41-23-27-48(28-24-41)58(52-17-4-2-15-50(52)51-16-3-5-18-53(51)58)47-25-21-40(22-26-47)42-11-8-12-43(35-42)54-19-6-7-30-61-54/h2-8,11-12,15-30,33-37H,9-10,13-14,31-32H2/b29-20+,55-46-. The molecule has 63 heavy (non-hydrogen) atoms. The summed E-state index contributed by atoms with van der Waals surface area (Å²) >= 11 is 0. The van der Waals surface area contributed by atoms with Gasteiger partial charge in [0, 0.05) is 36.1 Å². The Morgan fingerprint density at radius 2 is 1.30 bits per heavy atom. The Hall–Kier alpha value is -7.99. The summed E-state index contributed by atoms with van der Waals surface area (Å²) in [6.45, 7) is 10.1. The minimum absolute atomic E-state index is 0.0293. The number of aromatic nitrogens is 1. The Bertz CT molecular complexity index is 3060. The van der Waals surface area contributed by atoms with Crippen LogP contribution in [0.4, 0.5) is 5.69 Å². The van der Waals surface area contributed by atoms with Crippen LogP contribution in [-0.2, 0) is 23.0 Å². The van der Waals surface area contributed by atoms with Gasteiger partial charge in [-0.3, -0.25) is 4.98 Å². The average molecular weight is 811 g/mol. The van der Waals surface area contributed by atoms with Crippen molar-refractivity contribution in [3.8, 4) is 39.6 Å². The fourth-order valence-corrected chi connectivity index (χ4v) is 10.4. The van der Waals surface area contributed by atoms with E-state index in [9.17, 15) is 5.26 Å². The number of nitrogens with zero attached hydrogens (tertiary/aromatic N) is 4. The van der Waals surface area contributed by atoms with Crippen molar-refractivity contribution < 1.29 is 4.74 Å². The molecule has 0 saturated heterocycles. The van der Waals surface area contributed by atoms with Crippen molar-refractivity contribution in [3.05, 3.63) is 249 Å². The molecule has 3 aliphatic heterocycles. The Balaban J connectivity index is 0.967. The van der Waals surface area contributed by atoms with Crippen LogP contribution in [0.15, 0.2) is 193 Å².